The number of fused-ring (bicyclic) bond motifs is 1. The molecule has 5 nitrogen and oxygen atoms in total. The van der Waals surface area contributed by atoms with E-state index in [2.05, 4.69) is 5.16 Å². The van der Waals surface area contributed by atoms with Crippen LogP contribution in [0.1, 0.15) is 16.2 Å². The minimum atomic E-state index is -0.149. The third kappa shape index (κ3) is 2.19. The van der Waals surface area contributed by atoms with Gasteiger partial charge in [0.05, 0.1) is 5.69 Å². The number of anilines is 2. The lowest BCUT2D eigenvalue weighted by molar-refractivity contribution is 0.0979. The van der Waals surface area contributed by atoms with Gasteiger partial charge < -0.3 is 15.2 Å². The Labute approximate surface area is 114 Å². The summed E-state index contributed by atoms with van der Waals surface area (Å²) in [6.45, 7) is 2.41. The predicted molar refractivity (Wildman–Crippen MR) is 74.5 cm³/mol. The number of carbonyl (C=O) groups excluding carboxylic acids is 1. The molecule has 0 radical (unpaired) electrons. The highest BCUT2D eigenvalue weighted by molar-refractivity contribution is 7.99. The van der Waals surface area contributed by atoms with Gasteiger partial charge in [0, 0.05) is 28.9 Å². The minimum Gasteiger partial charge on any atom is -0.399 e. The third-order valence-electron chi connectivity index (χ3n) is 2.94. The van der Waals surface area contributed by atoms with E-state index in [-0.39, 0.29) is 5.91 Å². The van der Waals surface area contributed by atoms with E-state index in [1.54, 1.807) is 29.7 Å². The highest BCUT2D eigenvalue weighted by Gasteiger charge is 2.26. The second kappa shape index (κ2) is 4.62. The first-order valence-corrected chi connectivity index (χ1v) is 6.91. The van der Waals surface area contributed by atoms with Gasteiger partial charge in [-0.05, 0) is 25.1 Å². The van der Waals surface area contributed by atoms with Crippen molar-refractivity contribution >= 4 is 29.0 Å². The number of hydrogen-bond donors (Lipinski definition) is 1. The van der Waals surface area contributed by atoms with E-state index >= 15 is 0 Å². The topological polar surface area (TPSA) is 72.4 Å². The Morgan fingerprint density at radius 2 is 2.32 bits per heavy atom. The van der Waals surface area contributed by atoms with Crippen molar-refractivity contribution < 1.29 is 9.32 Å². The second-order valence-corrected chi connectivity index (χ2v) is 5.49. The standard InChI is InChI=1S/C13H13N3O2S/c1-8-6-10(15-18-8)13(17)16-4-5-19-12-3-2-9(14)7-11(12)16/h2-3,6-7H,4-5,14H2,1H3. The monoisotopic (exact) mass is 275 g/mol. The van der Waals surface area contributed by atoms with Crippen molar-refractivity contribution in [3.8, 4) is 0 Å². The van der Waals surface area contributed by atoms with Gasteiger partial charge in [-0.3, -0.25) is 4.79 Å². The molecule has 0 aliphatic carbocycles. The molecular formula is C13H13N3O2S. The Kier molecular flexibility index (Phi) is 2.94. The molecule has 1 amide bonds. The van der Waals surface area contributed by atoms with Crippen LogP contribution in [0.15, 0.2) is 33.7 Å². The second-order valence-electron chi connectivity index (χ2n) is 4.36. The van der Waals surface area contributed by atoms with Crippen molar-refractivity contribution in [1.82, 2.24) is 5.16 Å². The van der Waals surface area contributed by atoms with Crippen molar-refractivity contribution in [1.29, 1.82) is 0 Å². The van der Waals surface area contributed by atoms with E-state index in [1.807, 2.05) is 18.2 Å². The fourth-order valence-electron chi connectivity index (χ4n) is 2.05. The highest BCUT2D eigenvalue weighted by Crippen LogP contribution is 2.36. The van der Waals surface area contributed by atoms with Crippen LogP contribution in [0, 0.1) is 6.92 Å². The predicted octanol–water partition coefficient (Wildman–Crippen LogP) is 2.32. The molecule has 0 saturated carbocycles. The van der Waals surface area contributed by atoms with Crippen LogP contribution in [-0.4, -0.2) is 23.4 Å². The van der Waals surface area contributed by atoms with Crippen LogP contribution < -0.4 is 10.6 Å². The molecule has 2 N–H and O–H groups in total. The molecule has 6 heteroatoms. The van der Waals surface area contributed by atoms with E-state index < -0.39 is 0 Å². The number of aromatic nitrogens is 1. The summed E-state index contributed by atoms with van der Waals surface area (Å²) in [6.07, 6.45) is 0. The molecule has 1 aromatic heterocycles. The Morgan fingerprint density at radius 3 is 3.05 bits per heavy atom. The van der Waals surface area contributed by atoms with Gasteiger partial charge >= 0.3 is 0 Å². The van der Waals surface area contributed by atoms with Crippen LogP contribution in [0.3, 0.4) is 0 Å². The molecule has 0 atom stereocenters. The SMILES string of the molecule is Cc1cc(C(=O)N2CCSc3ccc(N)cc32)no1. The summed E-state index contributed by atoms with van der Waals surface area (Å²) in [5.74, 6) is 1.34. The number of nitrogens with two attached hydrogens (primary N) is 1. The summed E-state index contributed by atoms with van der Waals surface area (Å²) in [5.41, 5.74) is 7.63. The number of nitrogens with zero attached hydrogens (tertiary/aromatic N) is 2. The molecule has 1 aromatic carbocycles. The summed E-state index contributed by atoms with van der Waals surface area (Å²) in [5, 5.41) is 3.78. The normalized spacial score (nSPS) is 14.3. The molecule has 0 spiro atoms. The quantitative estimate of drug-likeness (QED) is 0.809. The number of nitrogen functional groups attached to an aromatic ring is 1. The number of hydrogen-bond acceptors (Lipinski definition) is 5. The van der Waals surface area contributed by atoms with Crippen LogP contribution in [0.25, 0.3) is 0 Å². The van der Waals surface area contributed by atoms with Crippen LogP contribution in [0.5, 0.6) is 0 Å². The maximum atomic E-state index is 12.4. The lowest BCUT2D eigenvalue weighted by Gasteiger charge is -2.28. The Balaban J connectivity index is 1.99. The first kappa shape index (κ1) is 12.1. The molecule has 0 fully saturated rings. The average Bonchev–Trinajstić information content (AvgIpc) is 2.84. The molecule has 2 heterocycles. The van der Waals surface area contributed by atoms with Crippen molar-refractivity contribution in [2.75, 3.05) is 22.9 Å². The van der Waals surface area contributed by atoms with Gasteiger partial charge in [-0.15, -0.1) is 11.8 Å². The van der Waals surface area contributed by atoms with Gasteiger partial charge in [0.2, 0.25) is 0 Å². The molecule has 3 rings (SSSR count). The molecule has 1 aliphatic heterocycles. The van der Waals surface area contributed by atoms with Crippen molar-refractivity contribution in [2.24, 2.45) is 0 Å². The van der Waals surface area contributed by atoms with E-state index in [0.717, 1.165) is 16.3 Å². The Hall–Kier alpha value is -1.95. The molecule has 98 valence electrons. The number of benzene rings is 1. The first-order valence-electron chi connectivity index (χ1n) is 5.92. The molecule has 1 aliphatic rings. The van der Waals surface area contributed by atoms with Crippen LogP contribution in [0.2, 0.25) is 0 Å². The number of aryl methyl sites for hydroxylation is 1. The molecule has 0 saturated heterocycles. The maximum absolute atomic E-state index is 12.4. The van der Waals surface area contributed by atoms with Gasteiger partial charge in [0.15, 0.2) is 5.69 Å². The summed E-state index contributed by atoms with van der Waals surface area (Å²) in [7, 11) is 0. The summed E-state index contributed by atoms with van der Waals surface area (Å²) >= 11 is 1.73. The zero-order valence-electron chi connectivity index (χ0n) is 10.4. The zero-order chi connectivity index (χ0) is 13.4. The van der Waals surface area contributed by atoms with E-state index in [1.165, 1.54) is 0 Å². The van der Waals surface area contributed by atoms with Crippen LogP contribution >= 0.6 is 11.8 Å². The Bertz CT molecular complexity index is 639. The van der Waals surface area contributed by atoms with Gasteiger partial charge in [0.25, 0.3) is 5.91 Å². The van der Waals surface area contributed by atoms with Crippen molar-refractivity contribution in [3.05, 3.63) is 35.7 Å². The van der Waals surface area contributed by atoms with E-state index in [9.17, 15) is 4.79 Å². The number of thioether (sulfide) groups is 1. The van der Waals surface area contributed by atoms with Crippen molar-refractivity contribution in [3.63, 3.8) is 0 Å². The fourth-order valence-corrected chi connectivity index (χ4v) is 3.03. The number of rotatable bonds is 1. The molecular weight excluding hydrogens is 262 g/mol. The van der Waals surface area contributed by atoms with Gasteiger partial charge in [-0.25, -0.2) is 0 Å². The molecule has 0 unspecified atom stereocenters. The summed E-state index contributed by atoms with van der Waals surface area (Å²) < 4.78 is 4.96. The Morgan fingerprint density at radius 1 is 1.47 bits per heavy atom. The van der Waals surface area contributed by atoms with Gasteiger partial charge in [-0.2, -0.15) is 0 Å². The molecule has 19 heavy (non-hydrogen) atoms. The van der Waals surface area contributed by atoms with Gasteiger partial charge in [0.1, 0.15) is 5.76 Å². The number of carbonyl (C=O) groups is 1. The van der Waals surface area contributed by atoms with E-state index in [4.69, 9.17) is 10.3 Å². The lowest BCUT2D eigenvalue weighted by atomic mass is 10.2. The minimum absolute atomic E-state index is 0.149. The van der Waals surface area contributed by atoms with Crippen molar-refractivity contribution in [2.45, 2.75) is 11.8 Å². The smallest absolute Gasteiger partial charge is 0.280 e. The fraction of sp³-hybridized carbons (Fsp3) is 0.231. The van der Waals surface area contributed by atoms with Gasteiger partial charge in [-0.1, -0.05) is 5.16 Å². The molecule has 0 bridgehead atoms. The summed E-state index contributed by atoms with van der Waals surface area (Å²) in [6, 6.07) is 7.27. The highest BCUT2D eigenvalue weighted by atomic mass is 32.2. The van der Waals surface area contributed by atoms with Crippen LogP contribution in [0.4, 0.5) is 11.4 Å². The lowest BCUT2D eigenvalue weighted by Crippen LogP contribution is -2.35. The largest absolute Gasteiger partial charge is 0.399 e. The molecule has 2 aromatic rings. The first-order chi connectivity index (χ1) is 9.15. The average molecular weight is 275 g/mol. The van der Waals surface area contributed by atoms with E-state index in [0.29, 0.717) is 23.7 Å². The number of amides is 1. The maximum Gasteiger partial charge on any atom is 0.280 e. The third-order valence-corrected chi connectivity index (χ3v) is 3.98. The zero-order valence-corrected chi connectivity index (χ0v) is 11.2. The summed E-state index contributed by atoms with van der Waals surface area (Å²) in [4.78, 5) is 15.2. The van der Waals surface area contributed by atoms with Crippen LogP contribution in [-0.2, 0) is 0 Å².